The van der Waals surface area contributed by atoms with Crippen molar-refractivity contribution < 1.29 is 0 Å². The molecule has 0 aromatic heterocycles. The normalized spacial score (nSPS) is 10.0. The second kappa shape index (κ2) is 6.65. The average Bonchev–Trinajstić information content (AvgIpc) is 2.45. The number of thiocarbonyl (C=S) groups is 1. The van der Waals surface area contributed by atoms with Crippen LogP contribution in [0.15, 0.2) is 41.6 Å². The molecule has 0 radical (unpaired) electrons. The topological polar surface area (TPSA) is 53.5 Å². The number of hydrogen-bond acceptors (Lipinski definition) is 3. The van der Waals surface area contributed by atoms with E-state index in [1.165, 1.54) is 6.07 Å². The summed E-state index contributed by atoms with van der Waals surface area (Å²) in [6.07, 6.45) is 0. The number of nitrogens with one attached hydrogen (secondary N) is 2. The molecule has 21 heavy (non-hydrogen) atoms. The molecule has 6 heteroatoms. The van der Waals surface area contributed by atoms with Crippen molar-refractivity contribution in [2.45, 2.75) is 13.8 Å². The second-order valence-electron chi connectivity index (χ2n) is 4.65. The fourth-order valence-electron chi connectivity index (χ4n) is 1.81. The van der Waals surface area contributed by atoms with Crippen molar-refractivity contribution in [1.29, 1.82) is 0 Å². The minimum atomic E-state index is 0.277. The predicted octanol–water partition coefficient (Wildman–Crippen LogP) is 5.16. The molecule has 0 saturated heterocycles. The lowest BCUT2D eigenvalue weighted by atomic mass is 10.1. The standard InChI is InChI=1S/C15H14ClN3OS/c1-9-3-4-10(2)14(7-9)18-15(21)17-13-6-5-11(19-20)8-12(13)16/h3-8H,1-2H3,(H2,17,18,21). The molecule has 0 amide bonds. The number of benzene rings is 2. The molecule has 0 aliphatic rings. The van der Waals surface area contributed by atoms with E-state index < -0.39 is 0 Å². The minimum Gasteiger partial charge on any atom is -0.332 e. The van der Waals surface area contributed by atoms with E-state index in [1.54, 1.807) is 12.1 Å². The second-order valence-corrected chi connectivity index (χ2v) is 5.47. The number of aryl methyl sites for hydroxylation is 2. The van der Waals surface area contributed by atoms with Crippen LogP contribution in [0.1, 0.15) is 11.1 Å². The van der Waals surface area contributed by atoms with Crippen LogP contribution >= 0.6 is 23.8 Å². The molecule has 0 unspecified atom stereocenters. The molecular formula is C15H14ClN3OS. The summed E-state index contributed by atoms with van der Waals surface area (Å²) in [7, 11) is 0. The first-order chi connectivity index (χ1) is 9.99. The maximum Gasteiger partial charge on any atom is 0.175 e. The van der Waals surface area contributed by atoms with Gasteiger partial charge in [-0.25, -0.2) is 0 Å². The summed E-state index contributed by atoms with van der Waals surface area (Å²) in [6.45, 7) is 4.02. The largest absolute Gasteiger partial charge is 0.332 e. The van der Waals surface area contributed by atoms with Gasteiger partial charge in [0.25, 0.3) is 0 Å². The van der Waals surface area contributed by atoms with Crippen molar-refractivity contribution in [2.75, 3.05) is 10.6 Å². The zero-order valence-corrected chi connectivity index (χ0v) is 13.2. The van der Waals surface area contributed by atoms with E-state index in [1.807, 2.05) is 32.0 Å². The van der Waals surface area contributed by atoms with Gasteiger partial charge in [-0.2, -0.15) is 0 Å². The lowest BCUT2D eigenvalue weighted by Gasteiger charge is -2.14. The quantitative estimate of drug-likeness (QED) is 0.605. The molecule has 0 aliphatic carbocycles. The Morgan fingerprint density at radius 1 is 1.10 bits per heavy atom. The Morgan fingerprint density at radius 2 is 1.81 bits per heavy atom. The summed E-state index contributed by atoms with van der Waals surface area (Å²) in [6, 6.07) is 10.8. The molecule has 108 valence electrons. The van der Waals surface area contributed by atoms with Crippen LogP contribution in [-0.4, -0.2) is 5.11 Å². The van der Waals surface area contributed by atoms with E-state index in [4.69, 9.17) is 23.8 Å². The zero-order chi connectivity index (χ0) is 15.4. The Hall–Kier alpha value is -1.98. The van der Waals surface area contributed by atoms with Gasteiger partial charge >= 0.3 is 0 Å². The van der Waals surface area contributed by atoms with Crippen molar-refractivity contribution in [3.05, 3.63) is 57.5 Å². The van der Waals surface area contributed by atoms with Crippen molar-refractivity contribution in [3.63, 3.8) is 0 Å². The Morgan fingerprint density at radius 3 is 2.48 bits per heavy atom. The molecule has 0 spiro atoms. The van der Waals surface area contributed by atoms with Gasteiger partial charge in [0.1, 0.15) is 5.69 Å². The molecule has 0 bridgehead atoms. The van der Waals surface area contributed by atoms with Gasteiger partial charge in [0.2, 0.25) is 0 Å². The molecule has 2 rings (SSSR count). The third-order valence-electron chi connectivity index (χ3n) is 2.95. The van der Waals surface area contributed by atoms with Crippen LogP contribution in [-0.2, 0) is 0 Å². The van der Waals surface area contributed by atoms with Crippen molar-refractivity contribution in [1.82, 2.24) is 0 Å². The molecule has 0 saturated carbocycles. The fraction of sp³-hybridized carbons (Fsp3) is 0.133. The highest BCUT2D eigenvalue weighted by molar-refractivity contribution is 7.80. The van der Waals surface area contributed by atoms with Crippen LogP contribution in [0.2, 0.25) is 5.02 Å². The summed E-state index contributed by atoms with van der Waals surface area (Å²) in [5.41, 5.74) is 4.07. The Bertz CT molecular complexity index is 703. The first-order valence-corrected chi connectivity index (χ1v) is 7.06. The Balaban J connectivity index is 2.11. The summed E-state index contributed by atoms with van der Waals surface area (Å²) in [5.74, 6) is 0. The highest BCUT2D eigenvalue weighted by Crippen LogP contribution is 2.27. The van der Waals surface area contributed by atoms with Crippen LogP contribution in [0.3, 0.4) is 0 Å². The molecule has 0 heterocycles. The van der Waals surface area contributed by atoms with Gasteiger partial charge in [0.05, 0.1) is 10.7 Å². The highest BCUT2D eigenvalue weighted by Gasteiger charge is 2.06. The zero-order valence-electron chi connectivity index (χ0n) is 11.6. The summed E-state index contributed by atoms with van der Waals surface area (Å²) >= 11 is 11.3. The number of nitrogens with zero attached hydrogens (tertiary/aromatic N) is 1. The van der Waals surface area contributed by atoms with E-state index in [-0.39, 0.29) is 5.69 Å². The maximum atomic E-state index is 10.4. The van der Waals surface area contributed by atoms with Crippen LogP contribution in [0, 0.1) is 18.8 Å². The smallest absolute Gasteiger partial charge is 0.175 e. The van der Waals surface area contributed by atoms with Gasteiger partial charge in [-0.3, -0.25) is 0 Å². The molecule has 0 atom stereocenters. The van der Waals surface area contributed by atoms with E-state index in [2.05, 4.69) is 15.8 Å². The minimum absolute atomic E-state index is 0.277. The number of hydrogen-bond donors (Lipinski definition) is 2. The van der Waals surface area contributed by atoms with Gasteiger partial charge in [0.15, 0.2) is 5.11 Å². The van der Waals surface area contributed by atoms with E-state index in [0.717, 1.165) is 16.8 Å². The van der Waals surface area contributed by atoms with E-state index >= 15 is 0 Å². The van der Waals surface area contributed by atoms with Gasteiger partial charge in [-0.05, 0) is 66.6 Å². The van der Waals surface area contributed by atoms with Gasteiger partial charge in [-0.15, -0.1) is 4.91 Å². The van der Waals surface area contributed by atoms with Crippen molar-refractivity contribution >= 4 is 46.0 Å². The highest BCUT2D eigenvalue weighted by atomic mass is 35.5. The molecule has 2 N–H and O–H groups in total. The van der Waals surface area contributed by atoms with E-state index in [0.29, 0.717) is 15.8 Å². The summed E-state index contributed by atoms with van der Waals surface area (Å²) < 4.78 is 0. The number of nitroso groups, excluding NO2 is 1. The van der Waals surface area contributed by atoms with Gasteiger partial charge in [0, 0.05) is 5.69 Å². The third-order valence-corrected chi connectivity index (χ3v) is 3.46. The maximum absolute atomic E-state index is 10.4. The average molecular weight is 320 g/mol. The lowest BCUT2D eigenvalue weighted by Crippen LogP contribution is -2.19. The predicted molar refractivity (Wildman–Crippen MR) is 92.7 cm³/mol. The van der Waals surface area contributed by atoms with E-state index in [9.17, 15) is 4.91 Å². The first kappa shape index (κ1) is 15.4. The third kappa shape index (κ3) is 4.00. The summed E-state index contributed by atoms with van der Waals surface area (Å²) in [5, 5.41) is 9.78. The van der Waals surface area contributed by atoms with Crippen LogP contribution in [0.5, 0.6) is 0 Å². The number of rotatable bonds is 3. The van der Waals surface area contributed by atoms with Gasteiger partial charge in [-0.1, -0.05) is 23.7 Å². The van der Waals surface area contributed by atoms with Gasteiger partial charge < -0.3 is 10.6 Å². The molecule has 0 aliphatic heterocycles. The summed E-state index contributed by atoms with van der Waals surface area (Å²) in [4.78, 5) is 10.4. The molecule has 2 aromatic carbocycles. The monoisotopic (exact) mass is 319 g/mol. The fourth-order valence-corrected chi connectivity index (χ4v) is 2.25. The SMILES string of the molecule is Cc1ccc(C)c(NC(=S)Nc2ccc(N=O)cc2Cl)c1. The lowest BCUT2D eigenvalue weighted by molar-refractivity contribution is 1.39. The number of halogens is 1. The Kier molecular flexibility index (Phi) is 4.88. The first-order valence-electron chi connectivity index (χ1n) is 6.28. The van der Waals surface area contributed by atoms with Crippen LogP contribution < -0.4 is 10.6 Å². The Labute approximate surface area is 133 Å². The molecule has 4 nitrogen and oxygen atoms in total. The van der Waals surface area contributed by atoms with Crippen LogP contribution in [0.25, 0.3) is 0 Å². The molecule has 0 fully saturated rings. The molecule has 2 aromatic rings. The van der Waals surface area contributed by atoms with Crippen molar-refractivity contribution in [2.24, 2.45) is 5.18 Å². The van der Waals surface area contributed by atoms with Crippen LogP contribution in [0.4, 0.5) is 17.1 Å². The van der Waals surface area contributed by atoms with Crippen molar-refractivity contribution in [3.8, 4) is 0 Å². The molecular weight excluding hydrogens is 306 g/mol. The number of anilines is 2.